The van der Waals surface area contributed by atoms with Gasteiger partial charge in [-0.1, -0.05) is 42.5 Å². The molecule has 1 fully saturated rings. The number of carbonyl (C=O) groups excluding carboxylic acids is 5. The quantitative estimate of drug-likeness (QED) is 0.477. The van der Waals surface area contributed by atoms with Gasteiger partial charge in [-0.3, -0.25) is 33.8 Å². The molecule has 2 aromatic carbocycles. The number of amides is 5. The van der Waals surface area contributed by atoms with E-state index in [1.54, 1.807) is 30.3 Å². The van der Waals surface area contributed by atoms with Crippen LogP contribution in [0.15, 0.2) is 59.5 Å². The molecule has 2 aliphatic heterocycles. The number of nitrogens with zero attached hydrogens (tertiary/aromatic N) is 2. The molecule has 5 amide bonds. The fourth-order valence-electron chi connectivity index (χ4n) is 3.63. The highest BCUT2D eigenvalue weighted by Crippen LogP contribution is 2.31. The van der Waals surface area contributed by atoms with E-state index in [-0.39, 0.29) is 54.9 Å². The Hall–Kier alpha value is -3.72. The van der Waals surface area contributed by atoms with Crippen LogP contribution in [0.4, 0.5) is 4.79 Å². The Balaban J connectivity index is 1.21. The molecule has 168 valence electrons. The van der Waals surface area contributed by atoms with Gasteiger partial charge in [-0.05, 0) is 42.0 Å². The first kappa shape index (κ1) is 22.5. The lowest BCUT2D eigenvalue weighted by Crippen LogP contribution is -2.37. The Kier molecular flexibility index (Phi) is 6.69. The number of fused-ring (bicyclic) bond motifs is 1. The van der Waals surface area contributed by atoms with E-state index in [9.17, 15) is 24.0 Å². The fraction of sp³-hybridized carbons (Fsp3) is 0.208. The van der Waals surface area contributed by atoms with Crippen LogP contribution < -0.4 is 5.32 Å². The first-order valence-electron chi connectivity index (χ1n) is 10.5. The molecule has 1 N–H and O–H groups in total. The Morgan fingerprint density at radius 3 is 2.12 bits per heavy atom. The number of hydrogen-bond acceptors (Lipinski definition) is 6. The van der Waals surface area contributed by atoms with Gasteiger partial charge in [0.2, 0.25) is 5.91 Å². The third-order valence-corrected chi connectivity index (χ3v) is 6.20. The highest BCUT2D eigenvalue weighted by Gasteiger charge is 2.35. The summed E-state index contributed by atoms with van der Waals surface area (Å²) < 4.78 is 0. The molecule has 0 unspecified atom stereocenters. The van der Waals surface area contributed by atoms with Gasteiger partial charge in [0.25, 0.3) is 23.0 Å². The molecule has 9 heteroatoms. The highest BCUT2D eigenvalue weighted by molar-refractivity contribution is 8.18. The lowest BCUT2D eigenvalue weighted by Gasteiger charge is -2.14. The molecular weight excluding hydrogens is 442 g/mol. The van der Waals surface area contributed by atoms with Crippen LogP contribution in [0.5, 0.6) is 0 Å². The van der Waals surface area contributed by atoms with Gasteiger partial charge in [-0.15, -0.1) is 0 Å². The molecule has 1 saturated heterocycles. The molecule has 4 rings (SSSR count). The minimum absolute atomic E-state index is 0.0704. The van der Waals surface area contributed by atoms with Crippen LogP contribution in [-0.2, 0) is 9.59 Å². The van der Waals surface area contributed by atoms with Crippen LogP contribution >= 0.6 is 11.8 Å². The number of imide groups is 2. The molecule has 2 heterocycles. The summed E-state index contributed by atoms with van der Waals surface area (Å²) in [5.74, 6) is -1.36. The number of thioether (sulfide) groups is 1. The smallest absolute Gasteiger partial charge is 0.293 e. The average Bonchev–Trinajstić information content (AvgIpc) is 3.22. The van der Waals surface area contributed by atoms with E-state index in [0.29, 0.717) is 22.5 Å². The van der Waals surface area contributed by atoms with Crippen LogP contribution in [-0.4, -0.2) is 58.3 Å². The normalized spacial score (nSPS) is 16.7. The number of hydrogen-bond donors (Lipinski definition) is 1. The molecule has 8 nitrogen and oxygen atoms in total. The van der Waals surface area contributed by atoms with Crippen molar-refractivity contribution in [3.8, 4) is 0 Å². The Morgan fingerprint density at radius 2 is 1.45 bits per heavy atom. The number of carbonyl (C=O) groups is 5. The Morgan fingerprint density at radius 1 is 0.818 bits per heavy atom. The zero-order valence-corrected chi connectivity index (χ0v) is 18.5. The summed E-state index contributed by atoms with van der Waals surface area (Å²) in [6.07, 6.45) is 2.10. The summed E-state index contributed by atoms with van der Waals surface area (Å²) >= 11 is 0.875. The van der Waals surface area contributed by atoms with Crippen LogP contribution in [0.3, 0.4) is 0 Å². The second-order valence-electron chi connectivity index (χ2n) is 7.51. The van der Waals surface area contributed by atoms with Crippen molar-refractivity contribution in [2.45, 2.75) is 12.8 Å². The van der Waals surface area contributed by atoms with Crippen molar-refractivity contribution in [2.24, 2.45) is 0 Å². The molecule has 0 radical (unpaired) electrons. The second-order valence-corrected chi connectivity index (χ2v) is 8.50. The van der Waals surface area contributed by atoms with Crippen LogP contribution in [0.25, 0.3) is 6.08 Å². The summed E-state index contributed by atoms with van der Waals surface area (Å²) in [4.78, 5) is 64.1. The summed E-state index contributed by atoms with van der Waals surface area (Å²) in [5, 5.41) is 2.30. The van der Waals surface area contributed by atoms with Crippen molar-refractivity contribution in [1.82, 2.24) is 15.1 Å². The zero-order valence-electron chi connectivity index (χ0n) is 17.7. The van der Waals surface area contributed by atoms with Gasteiger partial charge in [-0.2, -0.15) is 0 Å². The number of benzene rings is 2. The average molecular weight is 464 g/mol. The second kappa shape index (κ2) is 9.83. The molecule has 2 aromatic rings. The van der Waals surface area contributed by atoms with E-state index < -0.39 is 0 Å². The predicted molar refractivity (Wildman–Crippen MR) is 123 cm³/mol. The maximum absolute atomic E-state index is 12.5. The van der Waals surface area contributed by atoms with Crippen molar-refractivity contribution < 1.29 is 24.0 Å². The van der Waals surface area contributed by atoms with Gasteiger partial charge in [0.1, 0.15) is 0 Å². The van der Waals surface area contributed by atoms with Gasteiger partial charge >= 0.3 is 0 Å². The largest absolute Gasteiger partial charge is 0.354 e. The summed E-state index contributed by atoms with van der Waals surface area (Å²) in [5.41, 5.74) is 1.59. The van der Waals surface area contributed by atoms with Gasteiger partial charge in [0, 0.05) is 26.1 Å². The van der Waals surface area contributed by atoms with E-state index in [4.69, 9.17) is 0 Å². The fourth-order valence-corrected chi connectivity index (χ4v) is 4.49. The lowest BCUT2D eigenvalue weighted by atomic mass is 10.1. The van der Waals surface area contributed by atoms with Crippen molar-refractivity contribution >= 4 is 46.7 Å². The molecule has 33 heavy (non-hydrogen) atoms. The summed E-state index contributed by atoms with van der Waals surface area (Å²) in [7, 11) is 0. The minimum Gasteiger partial charge on any atom is -0.354 e. The summed E-state index contributed by atoms with van der Waals surface area (Å²) in [6, 6.07) is 15.9. The SMILES string of the molecule is O=C(CCCN1C(=O)c2ccccc2C1=O)NCCN1C(=O)SC(=Cc2ccccc2)C1=O. The maximum atomic E-state index is 12.5. The van der Waals surface area contributed by atoms with E-state index in [1.807, 2.05) is 30.3 Å². The van der Waals surface area contributed by atoms with Gasteiger partial charge in [0.05, 0.1) is 16.0 Å². The first-order chi connectivity index (χ1) is 16.0. The van der Waals surface area contributed by atoms with E-state index in [1.165, 1.54) is 0 Å². The van der Waals surface area contributed by atoms with E-state index >= 15 is 0 Å². The maximum Gasteiger partial charge on any atom is 0.293 e. The third kappa shape index (κ3) is 4.88. The molecule has 0 atom stereocenters. The molecule has 2 aliphatic rings. The van der Waals surface area contributed by atoms with Gasteiger partial charge in [-0.25, -0.2) is 0 Å². The monoisotopic (exact) mass is 463 g/mol. The Labute approximate surface area is 194 Å². The molecule has 0 spiro atoms. The number of nitrogens with one attached hydrogen (secondary N) is 1. The predicted octanol–water partition coefficient (Wildman–Crippen LogP) is 2.92. The van der Waals surface area contributed by atoms with Crippen LogP contribution in [0.1, 0.15) is 39.1 Å². The Bertz CT molecular complexity index is 1130. The molecule has 0 aliphatic carbocycles. The third-order valence-electron chi connectivity index (χ3n) is 5.29. The van der Waals surface area contributed by atoms with Gasteiger partial charge < -0.3 is 5.32 Å². The zero-order chi connectivity index (χ0) is 23.4. The van der Waals surface area contributed by atoms with Crippen molar-refractivity contribution in [1.29, 1.82) is 0 Å². The topological polar surface area (TPSA) is 104 Å². The van der Waals surface area contributed by atoms with Crippen molar-refractivity contribution in [3.05, 3.63) is 76.2 Å². The highest BCUT2D eigenvalue weighted by atomic mass is 32.2. The van der Waals surface area contributed by atoms with E-state index in [0.717, 1.165) is 27.1 Å². The standard InChI is InChI=1S/C24H21N3O5S/c28-20(11-6-13-26-21(29)17-9-4-5-10-18(17)22(26)30)25-12-14-27-23(31)19(33-24(27)32)15-16-7-2-1-3-8-16/h1-5,7-10,15H,6,11-14H2,(H,25,28). The summed E-state index contributed by atoms with van der Waals surface area (Å²) in [6.45, 7) is 0.344. The number of rotatable bonds is 8. The van der Waals surface area contributed by atoms with Gasteiger partial charge in [0.15, 0.2) is 0 Å². The van der Waals surface area contributed by atoms with Crippen molar-refractivity contribution in [2.75, 3.05) is 19.6 Å². The van der Waals surface area contributed by atoms with Crippen LogP contribution in [0.2, 0.25) is 0 Å². The molecular formula is C24H21N3O5S. The lowest BCUT2D eigenvalue weighted by molar-refractivity contribution is -0.124. The van der Waals surface area contributed by atoms with Crippen LogP contribution in [0, 0.1) is 0 Å². The first-order valence-corrected chi connectivity index (χ1v) is 11.3. The minimum atomic E-state index is -0.381. The van der Waals surface area contributed by atoms with Crippen molar-refractivity contribution in [3.63, 3.8) is 0 Å². The van der Waals surface area contributed by atoms with E-state index in [2.05, 4.69) is 5.32 Å². The molecule has 0 aromatic heterocycles. The molecule has 0 saturated carbocycles. The molecule has 0 bridgehead atoms.